The highest BCUT2D eigenvalue weighted by Gasteiger charge is 2.41. The smallest absolute Gasteiger partial charge is 0.0549 e. The molecule has 10 aromatic carbocycles. The van der Waals surface area contributed by atoms with Gasteiger partial charge in [0.25, 0.3) is 0 Å². The van der Waals surface area contributed by atoms with E-state index in [1.807, 2.05) is 0 Å². The Kier molecular flexibility index (Phi) is 7.10. The minimum Gasteiger partial charge on any atom is -0.309 e. The largest absolute Gasteiger partial charge is 0.309 e. The highest BCUT2D eigenvalue weighted by molar-refractivity contribution is 6.25. The minimum atomic E-state index is -0.171. The van der Waals surface area contributed by atoms with E-state index in [1.54, 1.807) is 0 Å². The fraction of sp³-hybridized carbons (Fsp3) is 0.103. The van der Waals surface area contributed by atoms with E-state index in [-0.39, 0.29) is 10.8 Å². The van der Waals surface area contributed by atoms with Crippen molar-refractivity contribution in [1.29, 1.82) is 0 Å². The van der Waals surface area contributed by atoms with Crippen molar-refractivity contribution in [2.75, 3.05) is 4.90 Å². The monoisotopic (exact) mass is 753 g/mol. The van der Waals surface area contributed by atoms with Crippen LogP contribution in [0.25, 0.3) is 76.5 Å². The third-order valence-corrected chi connectivity index (χ3v) is 13.8. The van der Waals surface area contributed by atoms with Gasteiger partial charge in [-0.1, -0.05) is 185 Å². The zero-order valence-electron chi connectivity index (χ0n) is 33.8. The van der Waals surface area contributed by atoms with Crippen molar-refractivity contribution in [3.63, 3.8) is 0 Å². The summed E-state index contributed by atoms with van der Waals surface area (Å²) < 4.78 is 0. The molecule has 0 amide bonds. The third kappa shape index (κ3) is 4.73. The van der Waals surface area contributed by atoms with Crippen LogP contribution in [0.4, 0.5) is 17.1 Å². The van der Waals surface area contributed by atoms with Crippen molar-refractivity contribution in [3.05, 3.63) is 210 Å². The summed E-state index contributed by atoms with van der Waals surface area (Å²) in [5, 5.41) is 10.4. The number of nitrogens with zero attached hydrogens (tertiary/aromatic N) is 1. The molecule has 1 heteroatoms. The van der Waals surface area contributed by atoms with Crippen LogP contribution < -0.4 is 4.90 Å². The molecule has 0 heterocycles. The molecule has 0 N–H and O–H groups in total. The first-order valence-corrected chi connectivity index (χ1v) is 20.9. The van der Waals surface area contributed by atoms with Crippen LogP contribution in [-0.2, 0) is 10.8 Å². The Labute approximate surface area is 345 Å². The van der Waals surface area contributed by atoms with Crippen LogP contribution in [0, 0.1) is 0 Å². The minimum absolute atomic E-state index is 0.122. The van der Waals surface area contributed by atoms with E-state index in [9.17, 15) is 0 Å². The van der Waals surface area contributed by atoms with Crippen molar-refractivity contribution < 1.29 is 0 Å². The molecule has 59 heavy (non-hydrogen) atoms. The van der Waals surface area contributed by atoms with Gasteiger partial charge in [-0.3, -0.25) is 0 Å². The summed E-state index contributed by atoms with van der Waals surface area (Å²) in [6.07, 6.45) is 0. The Hall–Kier alpha value is -6.96. The van der Waals surface area contributed by atoms with E-state index >= 15 is 0 Å². The maximum absolute atomic E-state index is 2.57. The average Bonchev–Trinajstić information content (AvgIpc) is 3.67. The maximum atomic E-state index is 2.57. The van der Waals surface area contributed by atoms with Gasteiger partial charge in [-0.25, -0.2) is 0 Å². The van der Waals surface area contributed by atoms with Gasteiger partial charge in [-0.05, 0) is 118 Å². The van der Waals surface area contributed by atoms with Crippen molar-refractivity contribution in [1.82, 2.24) is 0 Å². The molecule has 280 valence electrons. The van der Waals surface area contributed by atoms with E-state index < -0.39 is 0 Å². The van der Waals surface area contributed by atoms with Gasteiger partial charge < -0.3 is 4.90 Å². The molecule has 12 rings (SSSR count). The van der Waals surface area contributed by atoms with Gasteiger partial charge in [0, 0.05) is 27.6 Å². The SMILES string of the molecule is CC1(C)c2ccccc2-c2c(N(c3ccc(-c4ccc5c6ccccc6c6ccccc6c5c4)cc3)c3cc4ccccc4c4c3-c3ccccc3C4(C)C)cccc21. The summed E-state index contributed by atoms with van der Waals surface area (Å²) in [5.74, 6) is 0. The van der Waals surface area contributed by atoms with Crippen LogP contribution in [0.5, 0.6) is 0 Å². The van der Waals surface area contributed by atoms with Crippen molar-refractivity contribution >= 4 is 60.2 Å². The third-order valence-electron chi connectivity index (χ3n) is 13.8. The molecule has 10 aromatic rings. The van der Waals surface area contributed by atoms with Gasteiger partial charge in [-0.15, -0.1) is 0 Å². The second kappa shape index (κ2) is 12.3. The molecule has 0 saturated heterocycles. The van der Waals surface area contributed by atoms with Crippen LogP contribution in [0.1, 0.15) is 49.9 Å². The zero-order valence-corrected chi connectivity index (χ0v) is 33.8. The molecule has 0 bridgehead atoms. The Balaban J connectivity index is 1.11. The molecule has 2 aliphatic carbocycles. The van der Waals surface area contributed by atoms with Gasteiger partial charge in [0.05, 0.1) is 11.4 Å². The van der Waals surface area contributed by atoms with Crippen LogP contribution in [0.2, 0.25) is 0 Å². The Morgan fingerprint density at radius 2 is 0.847 bits per heavy atom. The first-order valence-electron chi connectivity index (χ1n) is 20.9. The molecule has 0 aromatic heterocycles. The standard InChI is InChI=1S/C58H43N/c1-57(2)49-24-13-11-22-46(49)54-51(57)26-15-27-52(54)59(53-35-38-16-5-6-17-40(38)56-55(53)47-23-12-14-25-50(47)58(56,3)4)39-31-28-36(29-32-39)37-30-33-45-43-20-8-7-18-41(43)42-19-9-10-21-44(42)48(45)34-37/h5-35H,1-4H3. The molecule has 0 fully saturated rings. The first kappa shape index (κ1) is 34.1. The molecule has 0 saturated carbocycles. The second-order valence-corrected chi connectivity index (χ2v) is 17.6. The summed E-state index contributed by atoms with van der Waals surface area (Å²) in [6, 6.07) is 70.5. The Morgan fingerprint density at radius 1 is 0.339 bits per heavy atom. The van der Waals surface area contributed by atoms with Crippen molar-refractivity contribution in [2.24, 2.45) is 0 Å². The lowest BCUT2D eigenvalue weighted by Gasteiger charge is -2.32. The van der Waals surface area contributed by atoms with Gasteiger partial charge in [0.15, 0.2) is 0 Å². The van der Waals surface area contributed by atoms with Gasteiger partial charge in [0.1, 0.15) is 0 Å². The summed E-state index contributed by atoms with van der Waals surface area (Å²) in [4.78, 5) is 2.57. The van der Waals surface area contributed by atoms with Crippen LogP contribution >= 0.6 is 0 Å². The number of hydrogen-bond donors (Lipinski definition) is 0. The first-order chi connectivity index (χ1) is 28.8. The van der Waals surface area contributed by atoms with E-state index in [4.69, 9.17) is 0 Å². The predicted molar refractivity (Wildman–Crippen MR) is 252 cm³/mol. The summed E-state index contributed by atoms with van der Waals surface area (Å²) >= 11 is 0. The normalized spacial score (nSPS) is 14.4. The number of anilines is 3. The predicted octanol–water partition coefficient (Wildman–Crippen LogP) is 16.0. The fourth-order valence-electron chi connectivity index (χ4n) is 11.0. The second-order valence-electron chi connectivity index (χ2n) is 17.6. The molecule has 0 aliphatic heterocycles. The molecule has 0 spiro atoms. The van der Waals surface area contributed by atoms with Crippen molar-refractivity contribution in [2.45, 2.75) is 38.5 Å². The van der Waals surface area contributed by atoms with Gasteiger partial charge >= 0.3 is 0 Å². The molecule has 2 aliphatic rings. The lowest BCUT2D eigenvalue weighted by molar-refractivity contribution is 0.660. The highest BCUT2D eigenvalue weighted by Crippen LogP contribution is 2.59. The van der Waals surface area contributed by atoms with Crippen molar-refractivity contribution in [3.8, 4) is 33.4 Å². The lowest BCUT2D eigenvalue weighted by atomic mass is 9.80. The molecule has 1 nitrogen and oxygen atoms in total. The Morgan fingerprint density at radius 3 is 1.53 bits per heavy atom. The summed E-state index contributed by atoms with van der Waals surface area (Å²) in [6.45, 7) is 9.56. The Bertz CT molecular complexity index is 3350. The number of benzene rings is 10. The fourth-order valence-corrected chi connectivity index (χ4v) is 11.0. The number of rotatable bonds is 4. The quantitative estimate of drug-likeness (QED) is 0.162. The zero-order chi connectivity index (χ0) is 39.6. The molecule has 0 radical (unpaired) electrons. The van der Waals surface area contributed by atoms with E-state index in [0.717, 1.165) is 5.69 Å². The molecular weight excluding hydrogens is 711 g/mol. The van der Waals surface area contributed by atoms with Crippen LogP contribution in [0.3, 0.4) is 0 Å². The van der Waals surface area contributed by atoms with E-state index in [0.29, 0.717) is 0 Å². The molecule has 0 atom stereocenters. The number of fused-ring (bicyclic) bond motifs is 14. The van der Waals surface area contributed by atoms with Gasteiger partial charge in [-0.2, -0.15) is 0 Å². The average molecular weight is 754 g/mol. The summed E-state index contributed by atoms with van der Waals surface area (Å²) in [5.41, 5.74) is 16.5. The van der Waals surface area contributed by atoms with E-state index in [2.05, 4.69) is 221 Å². The summed E-state index contributed by atoms with van der Waals surface area (Å²) in [7, 11) is 0. The number of hydrogen-bond acceptors (Lipinski definition) is 1. The lowest BCUT2D eigenvalue weighted by Crippen LogP contribution is -2.17. The van der Waals surface area contributed by atoms with Gasteiger partial charge in [0.2, 0.25) is 0 Å². The maximum Gasteiger partial charge on any atom is 0.0549 e. The van der Waals surface area contributed by atoms with Crippen LogP contribution in [-0.4, -0.2) is 0 Å². The van der Waals surface area contributed by atoms with Crippen LogP contribution in [0.15, 0.2) is 188 Å². The highest BCUT2D eigenvalue weighted by atomic mass is 15.1. The molecular formula is C58H43N. The van der Waals surface area contributed by atoms with E-state index in [1.165, 1.54) is 110 Å². The molecule has 0 unspecified atom stereocenters. The topological polar surface area (TPSA) is 3.24 Å².